The van der Waals surface area contributed by atoms with E-state index in [1.807, 2.05) is 13.8 Å². The lowest BCUT2D eigenvalue weighted by atomic mass is 10.4. The van der Waals surface area contributed by atoms with Gasteiger partial charge in [-0.2, -0.15) is 4.98 Å². The Morgan fingerprint density at radius 1 is 1.50 bits per heavy atom. The summed E-state index contributed by atoms with van der Waals surface area (Å²) >= 11 is 0. The molecular weight excluding hydrogens is 208 g/mol. The number of H-pyrrole nitrogens is 1. The van der Waals surface area contributed by atoms with Gasteiger partial charge >= 0.3 is 11.7 Å². The average molecular weight is 222 g/mol. The predicted octanol–water partition coefficient (Wildman–Crippen LogP) is 0.928. The smallest absolute Gasteiger partial charge is 0.327 e. The summed E-state index contributed by atoms with van der Waals surface area (Å²) in [5, 5.41) is 0. The molecule has 2 rings (SSSR count). The third kappa shape index (κ3) is 1.78. The molecule has 0 amide bonds. The Balaban J connectivity index is 2.52. The van der Waals surface area contributed by atoms with Gasteiger partial charge in [-0.25, -0.2) is 9.78 Å². The second-order valence-corrected chi connectivity index (χ2v) is 3.40. The van der Waals surface area contributed by atoms with Crippen LogP contribution in [0.1, 0.15) is 20.3 Å². The highest BCUT2D eigenvalue weighted by Crippen LogP contribution is 2.10. The summed E-state index contributed by atoms with van der Waals surface area (Å²) in [6, 6.07) is 0.292. The van der Waals surface area contributed by atoms with Gasteiger partial charge in [0.15, 0.2) is 5.65 Å². The van der Waals surface area contributed by atoms with E-state index in [0.717, 1.165) is 11.9 Å². The average Bonchev–Trinajstić information content (AvgIpc) is 2.56. The highest BCUT2D eigenvalue weighted by atomic mass is 16.5. The molecule has 0 saturated carbocycles. The first-order valence-electron chi connectivity index (χ1n) is 5.34. The molecule has 0 saturated heterocycles. The maximum Gasteiger partial charge on any atom is 0.327 e. The number of fused-ring (bicyclic) bond motifs is 1. The van der Waals surface area contributed by atoms with Gasteiger partial charge < -0.3 is 4.74 Å². The van der Waals surface area contributed by atoms with E-state index in [-0.39, 0.29) is 5.69 Å². The van der Waals surface area contributed by atoms with Crippen molar-refractivity contribution in [2.75, 3.05) is 6.61 Å². The third-order valence-electron chi connectivity index (χ3n) is 2.23. The van der Waals surface area contributed by atoms with E-state index in [2.05, 4.69) is 15.0 Å². The second kappa shape index (κ2) is 4.34. The fourth-order valence-electron chi connectivity index (χ4n) is 1.57. The van der Waals surface area contributed by atoms with Crippen LogP contribution in [0.4, 0.5) is 0 Å². The maximum atomic E-state index is 11.6. The topological polar surface area (TPSA) is 72.8 Å². The maximum absolute atomic E-state index is 11.6. The summed E-state index contributed by atoms with van der Waals surface area (Å²) in [6.07, 6.45) is 2.50. The van der Waals surface area contributed by atoms with Crippen LogP contribution >= 0.6 is 0 Å². The number of hydrogen-bond donors (Lipinski definition) is 1. The summed E-state index contributed by atoms with van der Waals surface area (Å²) < 4.78 is 6.80. The van der Waals surface area contributed by atoms with Crippen LogP contribution in [0.2, 0.25) is 0 Å². The minimum absolute atomic E-state index is 0.153. The van der Waals surface area contributed by atoms with Crippen molar-refractivity contribution in [2.24, 2.45) is 0 Å². The minimum atomic E-state index is -0.153. The van der Waals surface area contributed by atoms with Crippen LogP contribution < -0.4 is 10.4 Å². The van der Waals surface area contributed by atoms with Crippen LogP contribution in [-0.2, 0) is 6.54 Å². The number of rotatable bonds is 4. The number of aryl methyl sites for hydroxylation is 1. The van der Waals surface area contributed by atoms with Gasteiger partial charge in [-0.05, 0) is 13.3 Å². The second-order valence-electron chi connectivity index (χ2n) is 3.40. The summed E-state index contributed by atoms with van der Waals surface area (Å²) in [7, 11) is 0. The summed E-state index contributed by atoms with van der Waals surface area (Å²) in [5.41, 5.74) is 1.09. The SMILES string of the molecule is CCCn1c(=O)[nH]c2nc(OCC)ncc21. The normalized spacial score (nSPS) is 10.9. The Bertz CT molecular complexity index is 543. The molecule has 0 aliphatic rings. The van der Waals surface area contributed by atoms with E-state index in [9.17, 15) is 4.79 Å². The Labute approximate surface area is 92.3 Å². The summed E-state index contributed by atoms with van der Waals surface area (Å²) in [4.78, 5) is 22.4. The lowest BCUT2D eigenvalue weighted by Crippen LogP contribution is -2.16. The molecule has 2 aromatic rings. The summed E-state index contributed by atoms with van der Waals surface area (Å²) in [5.74, 6) is 0. The van der Waals surface area contributed by atoms with Gasteiger partial charge in [0.05, 0.1) is 12.8 Å². The van der Waals surface area contributed by atoms with Crippen LogP contribution in [0.25, 0.3) is 11.2 Å². The van der Waals surface area contributed by atoms with Gasteiger partial charge in [0, 0.05) is 6.54 Å². The molecule has 86 valence electrons. The van der Waals surface area contributed by atoms with Crippen molar-refractivity contribution in [3.8, 4) is 6.01 Å². The largest absolute Gasteiger partial charge is 0.464 e. The standard InChI is InChI=1S/C10H14N4O2/c1-3-5-14-7-6-11-9(16-4-2)12-8(7)13-10(14)15/h6H,3-5H2,1-2H3,(H,11,12,13,15). The summed E-state index contributed by atoms with van der Waals surface area (Å²) in [6.45, 7) is 5.04. The molecule has 0 aliphatic heterocycles. The van der Waals surface area contributed by atoms with Crippen LogP contribution in [-0.4, -0.2) is 26.1 Å². The molecule has 0 atom stereocenters. The minimum Gasteiger partial charge on any atom is -0.464 e. The molecule has 2 aromatic heterocycles. The van der Waals surface area contributed by atoms with Crippen LogP contribution in [0.5, 0.6) is 6.01 Å². The van der Waals surface area contributed by atoms with Crippen molar-refractivity contribution >= 4 is 11.2 Å². The van der Waals surface area contributed by atoms with Crippen LogP contribution in [0.3, 0.4) is 0 Å². The first kappa shape index (κ1) is 10.7. The molecule has 0 radical (unpaired) electrons. The first-order valence-corrected chi connectivity index (χ1v) is 5.34. The van der Waals surface area contributed by atoms with Crippen molar-refractivity contribution in [3.05, 3.63) is 16.7 Å². The lowest BCUT2D eigenvalue weighted by molar-refractivity contribution is 0.314. The fraction of sp³-hybridized carbons (Fsp3) is 0.500. The Hall–Kier alpha value is -1.85. The van der Waals surface area contributed by atoms with Gasteiger partial charge in [-0.15, -0.1) is 0 Å². The Morgan fingerprint density at radius 3 is 3.00 bits per heavy atom. The van der Waals surface area contributed by atoms with Crippen molar-refractivity contribution in [1.82, 2.24) is 19.5 Å². The molecule has 6 heteroatoms. The molecule has 0 aliphatic carbocycles. The van der Waals surface area contributed by atoms with E-state index in [1.54, 1.807) is 10.8 Å². The van der Waals surface area contributed by atoms with E-state index >= 15 is 0 Å². The van der Waals surface area contributed by atoms with E-state index in [0.29, 0.717) is 24.8 Å². The number of nitrogens with one attached hydrogen (secondary N) is 1. The zero-order valence-electron chi connectivity index (χ0n) is 9.36. The molecule has 6 nitrogen and oxygen atoms in total. The molecule has 16 heavy (non-hydrogen) atoms. The molecule has 0 bridgehead atoms. The van der Waals surface area contributed by atoms with Crippen LogP contribution in [0, 0.1) is 0 Å². The monoisotopic (exact) mass is 222 g/mol. The van der Waals surface area contributed by atoms with Gasteiger partial charge in [0.25, 0.3) is 0 Å². The molecular formula is C10H14N4O2. The van der Waals surface area contributed by atoms with Crippen molar-refractivity contribution in [3.63, 3.8) is 0 Å². The molecule has 1 N–H and O–H groups in total. The highest BCUT2D eigenvalue weighted by Gasteiger charge is 2.08. The zero-order chi connectivity index (χ0) is 11.5. The van der Waals surface area contributed by atoms with E-state index in [4.69, 9.17) is 4.74 Å². The zero-order valence-corrected chi connectivity index (χ0v) is 9.36. The lowest BCUT2D eigenvalue weighted by Gasteiger charge is -2.01. The van der Waals surface area contributed by atoms with Gasteiger partial charge in [0.1, 0.15) is 5.52 Å². The first-order chi connectivity index (χ1) is 7.76. The molecule has 2 heterocycles. The molecule has 0 aromatic carbocycles. The highest BCUT2D eigenvalue weighted by molar-refractivity contribution is 5.69. The number of hydrogen-bond acceptors (Lipinski definition) is 4. The Kier molecular flexibility index (Phi) is 2.89. The number of aromatic amines is 1. The predicted molar refractivity (Wildman–Crippen MR) is 59.6 cm³/mol. The van der Waals surface area contributed by atoms with Gasteiger partial charge in [-0.1, -0.05) is 6.92 Å². The number of aromatic nitrogens is 4. The quantitative estimate of drug-likeness (QED) is 0.835. The number of nitrogens with zero attached hydrogens (tertiary/aromatic N) is 3. The van der Waals surface area contributed by atoms with Crippen LogP contribution in [0.15, 0.2) is 11.0 Å². The van der Waals surface area contributed by atoms with E-state index in [1.165, 1.54) is 0 Å². The Morgan fingerprint density at radius 2 is 2.31 bits per heavy atom. The van der Waals surface area contributed by atoms with Crippen molar-refractivity contribution in [2.45, 2.75) is 26.8 Å². The van der Waals surface area contributed by atoms with Gasteiger partial charge in [-0.3, -0.25) is 9.55 Å². The molecule has 0 fully saturated rings. The number of ether oxygens (including phenoxy) is 1. The number of imidazole rings is 1. The van der Waals surface area contributed by atoms with Crippen molar-refractivity contribution < 1.29 is 4.74 Å². The van der Waals surface area contributed by atoms with Crippen molar-refractivity contribution in [1.29, 1.82) is 0 Å². The fourth-order valence-corrected chi connectivity index (χ4v) is 1.57. The third-order valence-corrected chi connectivity index (χ3v) is 2.23. The van der Waals surface area contributed by atoms with Gasteiger partial charge in [0.2, 0.25) is 0 Å². The molecule has 0 spiro atoms. The molecule has 0 unspecified atom stereocenters. The van der Waals surface area contributed by atoms with E-state index < -0.39 is 0 Å².